The Morgan fingerprint density at radius 1 is 1.37 bits per heavy atom. The number of fused-ring (bicyclic) bond motifs is 2. The van der Waals surface area contributed by atoms with Gasteiger partial charge in [-0.1, -0.05) is 6.08 Å². The molecular formula is C21H25N7O2. The van der Waals surface area contributed by atoms with Crippen molar-refractivity contribution in [1.29, 1.82) is 0 Å². The molecule has 1 fully saturated rings. The van der Waals surface area contributed by atoms with Gasteiger partial charge in [-0.05, 0) is 45.1 Å². The minimum atomic E-state index is -0.277. The van der Waals surface area contributed by atoms with Crippen LogP contribution in [-0.2, 0) is 4.79 Å². The molecule has 0 unspecified atom stereocenters. The van der Waals surface area contributed by atoms with Gasteiger partial charge in [-0.15, -0.1) is 0 Å². The number of amides is 2. The van der Waals surface area contributed by atoms with Crippen LogP contribution in [0.1, 0.15) is 23.2 Å². The predicted octanol–water partition coefficient (Wildman–Crippen LogP) is 2.44. The Morgan fingerprint density at radius 2 is 2.17 bits per heavy atom. The molecule has 9 nitrogen and oxygen atoms in total. The van der Waals surface area contributed by atoms with E-state index in [0.29, 0.717) is 47.0 Å². The Labute approximate surface area is 175 Å². The number of hydrogen-bond acceptors (Lipinski definition) is 7. The summed E-state index contributed by atoms with van der Waals surface area (Å²) in [6.45, 7) is 0.668. The van der Waals surface area contributed by atoms with Gasteiger partial charge in [0.1, 0.15) is 5.69 Å². The molecule has 4 rings (SSSR count). The molecule has 1 saturated carbocycles. The molecule has 1 aromatic carbocycles. The summed E-state index contributed by atoms with van der Waals surface area (Å²) < 4.78 is 0. The zero-order chi connectivity index (χ0) is 21.3. The molecule has 2 aromatic rings. The Hall–Kier alpha value is -3.46. The second kappa shape index (κ2) is 8.11. The largest absolute Gasteiger partial charge is 0.351 e. The van der Waals surface area contributed by atoms with Crippen LogP contribution in [0.3, 0.4) is 0 Å². The van der Waals surface area contributed by atoms with Crippen molar-refractivity contribution in [3.8, 4) is 0 Å². The number of hydrogen-bond donors (Lipinski definition) is 3. The number of benzene rings is 1. The molecule has 2 amide bonds. The molecule has 1 aromatic heterocycles. The van der Waals surface area contributed by atoms with Crippen molar-refractivity contribution >= 4 is 40.6 Å². The molecule has 0 saturated heterocycles. The van der Waals surface area contributed by atoms with E-state index in [0.717, 1.165) is 12.8 Å². The molecule has 30 heavy (non-hydrogen) atoms. The summed E-state index contributed by atoms with van der Waals surface area (Å²) in [7, 11) is 5.71. The van der Waals surface area contributed by atoms with Crippen molar-refractivity contribution in [2.24, 2.45) is 0 Å². The third kappa shape index (κ3) is 4.41. The number of carbonyl (C=O) groups is 2. The molecule has 3 N–H and O–H groups in total. The highest BCUT2D eigenvalue weighted by Gasteiger charge is 2.27. The van der Waals surface area contributed by atoms with E-state index in [1.807, 2.05) is 30.9 Å². The van der Waals surface area contributed by atoms with Crippen LogP contribution in [-0.4, -0.2) is 60.4 Å². The standard InChI is InChI=1S/C21H25N7O2/c1-27(2)10-4-5-18(29)23-14-8-9-17-15(11-14)20(30)25-16-12-22-21(24-13-6-7-13)26-19(16)28(17)3/h4-5,8-9,11-13H,6-7,10H2,1-3H3,(H,23,29)(H,25,30)(H,22,24,26)/b5-4+. The van der Waals surface area contributed by atoms with Gasteiger partial charge in [0.15, 0.2) is 5.82 Å². The quantitative estimate of drug-likeness (QED) is 0.632. The second-order valence-corrected chi connectivity index (χ2v) is 7.75. The smallest absolute Gasteiger partial charge is 0.258 e. The number of nitrogens with one attached hydrogen (secondary N) is 3. The van der Waals surface area contributed by atoms with Crippen molar-refractivity contribution in [1.82, 2.24) is 14.9 Å². The molecule has 156 valence electrons. The van der Waals surface area contributed by atoms with E-state index in [4.69, 9.17) is 0 Å². The number of likely N-dealkylation sites (N-methyl/N-ethyl adjacent to an activating group) is 1. The van der Waals surface area contributed by atoms with Gasteiger partial charge >= 0.3 is 0 Å². The fourth-order valence-electron chi connectivity index (χ4n) is 3.14. The average molecular weight is 407 g/mol. The minimum Gasteiger partial charge on any atom is -0.351 e. The monoisotopic (exact) mass is 407 g/mol. The first-order valence-electron chi connectivity index (χ1n) is 9.85. The highest BCUT2D eigenvalue weighted by Crippen LogP contribution is 2.37. The van der Waals surface area contributed by atoms with Gasteiger partial charge in [-0.2, -0.15) is 4.98 Å². The summed E-state index contributed by atoms with van der Waals surface area (Å²) in [5, 5.41) is 8.94. The molecular weight excluding hydrogens is 382 g/mol. The van der Waals surface area contributed by atoms with Crippen LogP contribution in [0.4, 0.5) is 28.8 Å². The third-order valence-electron chi connectivity index (χ3n) is 4.85. The topological polar surface area (TPSA) is 102 Å². The van der Waals surface area contributed by atoms with Crippen molar-refractivity contribution < 1.29 is 9.59 Å². The van der Waals surface area contributed by atoms with E-state index >= 15 is 0 Å². The highest BCUT2D eigenvalue weighted by atomic mass is 16.2. The summed E-state index contributed by atoms with van der Waals surface area (Å²) in [6, 6.07) is 5.68. The number of anilines is 5. The van der Waals surface area contributed by atoms with E-state index in [2.05, 4.69) is 25.9 Å². The molecule has 9 heteroatoms. The molecule has 0 radical (unpaired) electrons. The SMILES string of the molecule is CN(C)C/C=C/C(=O)Nc1ccc2c(c1)C(=O)Nc1cnc(NC3CC3)nc1N2C. The van der Waals surface area contributed by atoms with Crippen LogP contribution in [0.15, 0.2) is 36.5 Å². The summed E-state index contributed by atoms with van der Waals surface area (Å²) in [5.74, 6) is 0.642. The maximum Gasteiger partial charge on any atom is 0.258 e. The van der Waals surface area contributed by atoms with E-state index in [1.54, 1.807) is 30.5 Å². The molecule has 2 heterocycles. The lowest BCUT2D eigenvalue weighted by atomic mass is 10.1. The van der Waals surface area contributed by atoms with Crippen LogP contribution >= 0.6 is 0 Å². The van der Waals surface area contributed by atoms with Gasteiger partial charge < -0.3 is 25.8 Å². The van der Waals surface area contributed by atoms with Crippen LogP contribution in [0.2, 0.25) is 0 Å². The second-order valence-electron chi connectivity index (χ2n) is 7.75. The lowest BCUT2D eigenvalue weighted by Gasteiger charge is -2.20. The third-order valence-corrected chi connectivity index (χ3v) is 4.85. The molecule has 2 aliphatic rings. The van der Waals surface area contributed by atoms with Crippen LogP contribution in [0.25, 0.3) is 0 Å². The molecule has 0 spiro atoms. The highest BCUT2D eigenvalue weighted by molar-refractivity contribution is 6.13. The number of rotatable bonds is 6. The predicted molar refractivity (Wildman–Crippen MR) is 117 cm³/mol. The van der Waals surface area contributed by atoms with Gasteiger partial charge in [-0.3, -0.25) is 9.59 Å². The van der Waals surface area contributed by atoms with Gasteiger partial charge in [0.25, 0.3) is 5.91 Å². The summed E-state index contributed by atoms with van der Waals surface area (Å²) >= 11 is 0. The fourth-order valence-corrected chi connectivity index (χ4v) is 3.14. The summed E-state index contributed by atoms with van der Waals surface area (Å²) in [5.41, 5.74) is 2.23. The lowest BCUT2D eigenvalue weighted by Crippen LogP contribution is -2.15. The van der Waals surface area contributed by atoms with Gasteiger partial charge in [0, 0.05) is 31.4 Å². The van der Waals surface area contributed by atoms with Crippen molar-refractivity contribution in [2.75, 3.05) is 48.5 Å². The zero-order valence-corrected chi connectivity index (χ0v) is 17.3. The lowest BCUT2D eigenvalue weighted by molar-refractivity contribution is -0.111. The maximum atomic E-state index is 12.8. The molecule has 1 aliphatic heterocycles. The van der Waals surface area contributed by atoms with Crippen molar-refractivity contribution in [3.63, 3.8) is 0 Å². The van der Waals surface area contributed by atoms with E-state index in [-0.39, 0.29) is 11.8 Å². The summed E-state index contributed by atoms with van der Waals surface area (Å²) in [6.07, 6.45) is 7.12. The van der Waals surface area contributed by atoms with Gasteiger partial charge in [0.2, 0.25) is 11.9 Å². The van der Waals surface area contributed by atoms with E-state index < -0.39 is 0 Å². The molecule has 0 bridgehead atoms. The zero-order valence-electron chi connectivity index (χ0n) is 17.3. The van der Waals surface area contributed by atoms with Crippen LogP contribution in [0, 0.1) is 0 Å². The van der Waals surface area contributed by atoms with Crippen LogP contribution in [0.5, 0.6) is 0 Å². The first-order chi connectivity index (χ1) is 14.4. The van der Waals surface area contributed by atoms with Gasteiger partial charge in [0.05, 0.1) is 17.4 Å². The Bertz CT molecular complexity index is 1010. The number of nitrogens with zero attached hydrogens (tertiary/aromatic N) is 4. The average Bonchev–Trinajstić information content (AvgIpc) is 3.52. The fraction of sp³-hybridized carbons (Fsp3) is 0.333. The molecule has 0 atom stereocenters. The van der Waals surface area contributed by atoms with E-state index in [1.165, 1.54) is 6.08 Å². The number of aromatic nitrogens is 2. The maximum absolute atomic E-state index is 12.8. The Kier molecular flexibility index (Phi) is 5.37. The molecule has 1 aliphatic carbocycles. The Morgan fingerprint density at radius 3 is 2.90 bits per heavy atom. The van der Waals surface area contributed by atoms with E-state index in [9.17, 15) is 9.59 Å². The number of carbonyl (C=O) groups excluding carboxylic acids is 2. The normalized spacial score (nSPS) is 15.5. The van der Waals surface area contributed by atoms with Gasteiger partial charge in [-0.25, -0.2) is 4.98 Å². The van der Waals surface area contributed by atoms with Crippen LogP contribution < -0.4 is 20.9 Å². The van der Waals surface area contributed by atoms with Crippen molar-refractivity contribution in [2.45, 2.75) is 18.9 Å². The summed E-state index contributed by atoms with van der Waals surface area (Å²) in [4.78, 5) is 37.7. The Balaban J connectivity index is 1.57. The first-order valence-corrected chi connectivity index (χ1v) is 9.85. The minimum absolute atomic E-state index is 0.246. The van der Waals surface area contributed by atoms with Crippen molar-refractivity contribution in [3.05, 3.63) is 42.1 Å². The first kappa shape index (κ1) is 19.8.